The standard InChI is InChI=1S/C23H36N4O6/c1-4-10-24(11-9-18-6-5-7-19(28)20(18)29)21(30)27(12-8-17(2)3)22(31)25-13-15-26(16-14-25)23(32)33/h5-7,17,28-29H,4,8-16H2,1-3H3,(H,32,33). The van der Waals surface area contributed by atoms with Crippen LogP contribution in [-0.4, -0.2) is 98.9 Å². The predicted molar refractivity (Wildman–Crippen MR) is 123 cm³/mol. The molecule has 184 valence electrons. The molecule has 2 rings (SSSR count). The molecule has 0 spiro atoms. The number of hydrogen-bond acceptors (Lipinski definition) is 5. The van der Waals surface area contributed by atoms with E-state index in [2.05, 4.69) is 0 Å². The maximum atomic E-state index is 13.5. The van der Waals surface area contributed by atoms with Crippen LogP contribution in [0.2, 0.25) is 0 Å². The van der Waals surface area contributed by atoms with Gasteiger partial charge in [-0.2, -0.15) is 0 Å². The first kappa shape index (κ1) is 26.1. The molecule has 1 saturated heterocycles. The van der Waals surface area contributed by atoms with E-state index in [1.807, 2.05) is 20.8 Å². The molecule has 1 aliphatic heterocycles. The first-order valence-corrected chi connectivity index (χ1v) is 11.5. The zero-order valence-corrected chi connectivity index (χ0v) is 19.7. The quantitative estimate of drug-likeness (QED) is 0.507. The van der Waals surface area contributed by atoms with Gasteiger partial charge in [0, 0.05) is 45.8 Å². The molecule has 1 aliphatic rings. The third-order valence-electron chi connectivity index (χ3n) is 5.73. The summed E-state index contributed by atoms with van der Waals surface area (Å²) in [6, 6.07) is 3.90. The molecule has 1 aromatic rings. The van der Waals surface area contributed by atoms with E-state index in [1.54, 1.807) is 17.0 Å². The van der Waals surface area contributed by atoms with Crippen LogP contribution in [0, 0.1) is 5.92 Å². The van der Waals surface area contributed by atoms with Gasteiger partial charge in [-0.25, -0.2) is 19.3 Å². The van der Waals surface area contributed by atoms with Crippen molar-refractivity contribution in [1.29, 1.82) is 0 Å². The Kier molecular flexibility index (Phi) is 9.62. The van der Waals surface area contributed by atoms with Crippen molar-refractivity contribution in [2.45, 2.75) is 40.0 Å². The molecule has 0 unspecified atom stereocenters. The summed E-state index contributed by atoms with van der Waals surface area (Å²) in [7, 11) is 0. The topological polar surface area (TPSA) is 125 Å². The molecule has 3 N–H and O–H groups in total. The Bertz CT molecular complexity index is 823. The van der Waals surface area contributed by atoms with Crippen LogP contribution >= 0.6 is 0 Å². The minimum Gasteiger partial charge on any atom is -0.504 e. The number of carbonyl (C=O) groups excluding carboxylic acids is 2. The zero-order chi connectivity index (χ0) is 24.5. The van der Waals surface area contributed by atoms with Gasteiger partial charge < -0.3 is 30.0 Å². The molecule has 1 aromatic carbocycles. The number of hydrogen-bond donors (Lipinski definition) is 3. The Morgan fingerprint density at radius 1 is 1.00 bits per heavy atom. The predicted octanol–water partition coefficient (Wildman–Crippen LogP) is 3.24. The lowest BCUT2D eigenvalue weighted by atomic mass is 10.1. The second-order valence-corrected chi connectivity index (χ2v) is 8.68. The fraction of sp³-hybridized carbons (Fsp3) is 0.609. The van der Waals surface area contributed by atoms with E-state index in [0.717, 1.165) is 0 Å². The monoisotopic (exact) mass is 464 g/mol. The highest BCUT2D eigenvalue weighted by Gasteiger charge is 2.32. The molecule has 0 aliphatic carbocycles. The van der Waals surface area contributed by atoms with Gasteiger partial charge in [0.25, 0.3) is 0 Å². The van der Waals surface area contributed by atoms with Crippen molar-refractivity contribution < 1.29 is 29.7 Å². The van der Waals surface area contributed by atoms with Crippen molar-refractivity contribution in [3.8, 4) is 11.5 Å². The van der Waals surface area contributed by atoms with Gasteiger partial charge in [-0.05, 0) is 36.8 Å². The van der Waals surface area contributed by atoms with Crippen molar-refractivity contribution >= 4 is 18.2 Å². The number of phenolic OH excluding ortho intramolecular Hbond substituents is 2. The van der Waals surface area contributed by atoms with Crippen LogP contribution in [-0.2, 0) is 6.42 Å². The minimum absolute atomic E-state index is 0.203. The number of phenols is 2. The van der Waals surface area contributed by atoms with Crippen LogP contribution in [0.1, 0.15) is 39.2 Å². The number of carboxylic acid groups (broad SMARTS) is 1. The Morgan fingerprint density at radius 2 is 1.64 bits per heavy atom. The lowest BCUT2D eigenvalue weighted by Gasteiger charge is -2.37. The van der Waals surface area contributed by atoms with E-state index in [4.69, 9.17) is 5.11 Å². The fourth-order valence-corrected chi connectivity index (χ4v) is 3.70. The second kappa shape index (κ2) is 12.2. The van der Waals surface area contributed by atoms with Crippen molar-refractivity contribution in [2.24, 2.45) is 5.92 Å². The summed E-state index contributed by atoms with van der Waals surface area (Å²) in [6.45, 7) is 7.87. The summed E-state index contributed by atoms with van der Waals surface area (Å²) >= 11 is 0. The fourth-order valence-electron chi connectivity index (χ4n) is 3.70. The molecule has 33 heavy (non-hydrogen) atoms. The molecule has 0 atom stereocenters. The second-order valence-electron chi connectivity index (χ2n) is 8.68. The van der Waals surface area contributed by atoms with E-state index in [-0.39, 0.29) is 50.8 Å². The summed E-state index contributed by atoms with van der Waals surface area (Å²) in [6.07, 6.45) is 0.663. The maximum absolute atomic E-state index is 13.5. The van der Waals surface area contributed by atoms with Gasteiger partial charge >= 0.3 is 18.2 Å². The number of rotatable bonds is 8. The van der Waals surface area contributed by atoms with Gasteiger partial charge in [-0.3, -0.25) is 0 Å². The van der Waals surface area contributed by atoms with E-state index in [1.165, 1.54) is 20.8 Å². The molecular weight excluding hydrogens is 428 g/mol. The van der Waals surface area contributed by atoms with Crippen LogP contribution < -0.4 is 0 Å². The number of piperazine rings is 1. The molecule has 0 saturated carbocycles. The van der Waals surface area contributed by atoms with Gasteiger partial charge in [0.1, 0.15) is 0 Å². The highest BCUT2D eigenvalue weighted by atomic mass is 16.4. The Labute approximate surface area is 195 Å². The molecule has 1 fully saturated rings. The third kappa shape index (κ3) is 7.16. The van der Waals surface area contributed by atoms with Crippen LogP contribution in [0.4, 0.5) is 14.4 Å². The number of carbonyl (C=O) groups is 3. The van der Waals surface area contributed by atoms with Crippen LogP contribution in [0.5, 0.6) is 11.5 Å². The van der Waals surface area contributed by atoms with Gasteiger partial charge in [0.05, 0.1) is 0 Å². The number of benzene rings is 1. The molecular formula is C23H36N4O6. The van der Waals surface area contributed by atoms with E-state index in [9.17, 15) is 24.6 Å². The lowest BCUT2D eigenvalue weighted by Crippen LogP contribution is -2.57. The number of para-hydroxylation sites is 1. The van der Waals surface area contributed by atoms with Crippen LogP contribution in [0.3, 0.4) is 0 Å². The third-order valence-corrected chi connectivity index (χ3v) is 5.73. The summed E-state index contributed by atoms with van der Waals surface area (Å²) in [4.78, 5) is 43.5. The van der Waals surface area contributed by atoms with Gasteiger partial charge in [0.2, 0.25) is 0 Å². The normalized spacial score (nSPS) is 13.8. The summed E-state index contributed by atoms with van der Waals surface area (Å²) < 4.78 is 0. The Morgan fingerprint density at radius 3 is 2.21 bits per heavy atom. The average Bonchev–Trinajstić information content (AvgIpc) is 2.78. The first-order chi connectivity index (χ1) is 15.6. The summed E-state index contributed by atoms with van der Waals surface area (Å²) in [5.41, 5.74) is 0.522. The first-order valence-electron chi connectivity index (χ1n) is 11.5. The molecule has 1 heterocycles. The number of urea groups is 2. The molecule has 10 heteroatoms. The highest BCUT2D eigenvalue weighted by molar-refractivity contribution is 5.93. The molecule has 10 nitrogen and oxygen atoms in total. The van der Waals surface area contributed by atoms with Crippen LogP contribution in [0.15, 0.2) is 18.2 Å². The van der Waals surface area contributed by atoms with Crippen molar-refractivity contribution in [3.63, 3.8) is 0 Å². The molecule has 5 amide bonds. The number of amides is 5. The SMILES string of the molecule is CCCN(CCc1cccc(O)c1O)C(=O)N(CCC(C)C)C(=O)N1CCN(C(=O)O)CC1. The average molecular weight is 465 g/mol. The smallest absolute Gasteiger partial charge is 0.407 e. The Hall–Kier alpha value is -3.17. The summed E-state index contributed by atoms with van der Waals surface area (Å²) in [5.74, 6) is -0.124. The largest absolute Gasteiger partial charge is 0.504 e. The highest BCUT2D eigenvalue weighted by Crippen LogP contribution is 2.28. The molecule has 0 bridgehead atoms. The van der Waals surface area contributed by atoms with Gasteiger partial charge in [0.15, 0.2) is 11.5 Å². The van der Waals surface area contributed by atoms with E-state index < -0.39 is 18.2 Å². The Balaban J connectivity index is 2.15. The van der Waals surface area contributed by atoms with Gasteiger partial charge in [-0.15, -0.1) is 0 Å². The van der Waals surface area contributed by atoms with Crippen molar-refractivity contribution in [3.05, 3.63) is 23.8 Å². The number of nitrogens with zero attached hydrogens (tertiary/aromatic N) is 4. The van der Waals surface area contributed by atoms with Gasteiger partial charge in [-0.1, -0.05) is 32.9 Å². The molecule has 0 aromatic heterocycles. The number of imide groups is 1. The van der Waals surface area contributed by atoms with Crippen molar-refractivity contribution in [2.75, 3.05) is 45.8 Å². The number of aromatic hydroxyl groups is 2. The van der Waals surface area contributed by atoms with Crippen LogP contribution in [0.25, 0.3) is 0 Å². The maximum Gasteiger partial charge on any atom is 0.407 e. The lowest BCUT2D eigenvalue weighted by molar-refractivity contribution is 0.0961. The van der Waals surface area contributed by atoms with E-state index in [0.29, 0.717) is 37.3 Å². The van der Waals surface area contributed by atoms with Crippen molar-refractivity contribution in [1.82, 2.24) is 19.6 Å². The van der Waals surface area contributed by atoms with E-state index >= 15 is 0 Å². The minimum atomic E-state index is -1.01. The zero-order valence-electron chi connectivity index (χ0n) is 19.7. The summed E-state index contributed by atoms with van der Waals surface area (Å²) in [5, 5.41) is 29.0. The molecule has 0 radical (unpaired) electrons.